The molecule has 0 amide bonds. The topological polar surface area (TPSA) is 57.4 Å². The van der Waals surface area contributed by atoms with Gasteiger partial charge in [0.05, 0.1) is 5.69 Å². The van der Waals surface area contributed by atoms with E-state index in [1.165, 1.54) is 48.9 Å². The standard InChI is InChI=1S/C26H33N4.C2H6.2CH3.Y/c1-5-23-27-14-21(29-23)19-6-8-20(9-7-19)25-10-12-26(16-25,13-11-25)22-15-28-24(30-22)18(4)17(2)3;1-2;;;/h5-9,14-15,17-18H,10-13,16H2,1-4H3,(H,27,29)(H,28,30);1-2H3;2*1H3;/q-1;;2*-1;+3. The molecule has 2 fully saturated rings. The second-order valence-electron chi connectivity index (χ2n) is 10.0. The number of fused-ring (bicyclic) bond motifs is 2. The van der Waals surface area contributed by atoms with E-state index in [1.54, 1.807) is 0 Å². The van der Waals surface area contributed by atoms with Gasteiger partial charge < -0.3 is 31.2 Å². The summed E-state index contributed by atoms with van der Waals surface area (Å²) in [5, 5.41) is 0. The summed E-state index contributed by atoms with van der Waals surface area (Å²) in [5.41, 5.74) is 5.78. The summed E-state index contributed by atoms with van der Waals surface area (Å²) in [4.78, 5) is 16.3. The zero-order valence-electron chi connectivity index (χ0n) is 23.2. The fourth-order valence-electron chi connectivity index (χ4n) is 5.75. The van der Waals surface area contributed by atoms with Crippen LogP contribution in [0.4, 0.5) is 0 Å². The number of nitrogens with zero attached hydrogens (tertiary/aromatic N) is 2. The second-order valence-corrected chi connectivity index (χ2v) is 10.0. The molecule has 188 valence electrons. The zero-order valence-corrected chi connectivity index (χ0v) is 26.0. The Balaban J connectivity index is 0.00000120. The van der Waals surface area contributed by atoms with Crippen LogP contribution in [-0.2, 0) is 43.5 Å². The summed E-state index contributed by atoms with van der Waals surface area (Å²) in [6.45, 7) is 12.8. The first-order valence-corrected chi connectivity index (χ1v) is 12.5. The maximum atomic E-state index is 4.78. The molecule has 0 spiro atoms. The predicted octanol–water partition coefficient (Wildman–Crippen LogP) is 8.21. The van der Waals surface area contributed by atoms with Crippen molar-refractivity contribution in [2.75, 3.05) is 0 Å². The Labute approximate surface area is 239 Å². The van der Waals surface area contributed by atoms with Crippen molar-refractivity contribution >= 4 is 0 Å². The van der Waals surface area contributed by atoms with Gasteiger partial charge in [0.2, 0.25) is 0 Å². The van der Waals surface area contributed by atoms with Gasteiger partial charge in [0.25, 0.3) is 0 Å². The molecule has 5 heteroatoms. The first-order chi connectivity index (χ1) is 15.4. The number of rotatable bonds is 6. The van der Waals surface area contributed by atoms with Gasteiger partial charge in [0, 0.05) is 29.4 Å². The minimum absolute atomic E-state index is 0. The van der Waals surface area contributed by atoms with E-state index in [9.17, 15) is 0 Å². The largest absolute Gasteiger partial charge is 3.00 e. The molecular weight excluding hydrogens is 505 g/mol. The molecule has 1 aromatic carbocycles. The Morgan fingerprint density at radius 2 is 1.46 bits per heavy atom. The Morgan fingerprint density at radius 1 is 0.857 bits per heavy atom. The molecule has 0 aliphatic heterocycles. The molecular formula is C30H45N4Y. The minimum atomic E-state index is 0. The third kappa shape index (κ3) is 5.80. The fourth-order valence-corrected chi connectivity index (χ4v) is 5.75. The molecule has 1 unspecified atom stereocenters. The number of imidazole rings is 2. The van der Waals surface area contributed by atoms with Crippen molar-refractivity contribution in [1.29, 1.82) is 0 Å². The van der Waals surface area contributed by atoms with Crippen LogP contribution in [0, 0.1) is 27.2 Å². The van der Waals surface area contributed by atoms with Crippen molar-refractivity contribution in [3.63, 3.8) is 0 Å². The normalized spacial score (nSPS) is 22.8. The van der Waals surface area contributed by atoms with Crippen LogP contribution in [0.1, 0.15) is 102 Å². The summed E-state index contributed by atoms with van der Waals surface area (Å²) < 4.78 is 0. The number of hydrogen-bond acceptors (Lipinski definition) is 2. The maximum Gasteiger partial charge on any atom is 3.00 e. The third-order valence-electron chi connectivity index (χ3n) is 8.12. The molecule has 2 aromatic heterocycles. The number of H-pyrrole nitrogens is 2. The van der Waals surface area contributed by atoms with E-state index in [2.05, 4.69) is 66.2 Å². The average molecular weight is 551 g/mol. The van der Waals surface area contributed by atoms with Gasteiger partial charge in [-0.3, -0.25) is 4.98 Å². The summed E-state index contributed by atoms with van der Waals surface area (Å²) in [6.07, 6.45) is 12.4. The zero-order chi connectivity index (χ0) is 22.9. The fraction of sp³-hybridized carbons (Fsp3) is 0.500. The van der Waals surface area contributed by atoms with Gasteiger partial charge in [-0.1, -0.05) is 58.9 Å². The monoisotopic (exact) mass is 550 g/mol. The van der Waals surface area contributed by atoms with E-state index < -0.39 is 0 Å². The molecule has 0 radical (unpaired) electrons. The van der Waals surface area contributed by atoms with E-state index in [0.717, 1.165) is 17.3 Å². The molecule has 4 nitrogen and oxygen atoms in total. The first kappa shape index (κ1) is 31.6. The Bertz CT molecular complexity index is 1020. The number of aromatic nitrogens is 4. The van der Waals surface area contributed by atoms with Crippen molar-refractivity contribution in [2.45, 2.75) is 90.4 Å². The van der Waals surface area contributed by atoms with Crippen LogP contribution < -0.4 is 0 Å². The maximum absolute atomic E-state index is 4.78. The molecule has 2 bridgehead atoms. The quantitative estimate of drug-likeness (QED) is 0.304. The van der Waals surface area contributed by atoms with Gasteiger partial charge in [-0.05, 0) is 60.4 Å². The second kappa shape index (κ2) is 12.7. The van der Waals surface area contributed by atoms with Crippen molar-refractivity contribution < 1.29 is 32.7 Å². The molecule has 3 aromatic rings. The summed E-state index contributed by atoms with van der Waals surface area (Å²) in [6, 6.07) is 9.22. The van der Waals surface area contributed by atoms with Gasteiger partial charge in [0.15, 0.2) is 0 Å². The van der Waals surface area contributed by atoms with Crippen LogP contribution >= 0.6 is 0 Å². The Morgan fingerprint density at radius 3 is 2.00 bits per heavy atom. The molecule has 2 heterocycles. The number of hydrogen-bond donors (Lipinski definition) is 2. The van der Waals surface area contributed by atoms with Crippen LogP contribution in [0.25, 0.3) is 11.3 Å². The Hall–Kier alpha value is -1.39. The number of nitrogens with one attached hydrogen (secondary N) is 2. The van der Waals surface area contributed by atoms with E-state index >= 15 is 0 Å². The molecule has 2 N–H and O–H groups in total. The van der Waals surface area contributed by atoms with Crippen molar-refractivity contribution in [3.8, 4) is 11.3 Å². The van der Waals surface area contributed by atoms with E-state index in [-0.39, 0.29) is 53.0 Å². The molecule has 1 atom stereocenters. The summed E-state index contributed by atoms with van der Waals surface area (Å²) in [5.74, 6) is 3.16. The van der Waals surface area contributed by atoms with Gasteiger partial charge >= 0.3 is 32.7 Å². The van der Waals surface area contributed by atoms with Crippen LogP contribution in [0.15, 0.2) is 36.7 Å². The number of aromatic amines is 2. The molecule has 2 aliphatic rings. The van der Waals surface area contributed by atoms with E-state index in [1.807, 2.05) is 33.4 Å². The summed E-state index contributed by atoms with van der Waals surface area (Å²) >= 11 is 0. The molecule has 5 rings (SSSR count). The van der Waals surface area contributed by atoms with Crippen LogP contribution in [0.3, 0.4) is 0 Å². The van der Waals surface area contributed by atoms with Crippen LogP contribution in [0.2, 0.25) is 0 Å². The number of benzene rings is 1. The van der Waals surface area contributed by atoms with E-state index in [4.69, 9.17) is 4.98 Å². The van der Waals surface area contributed by atoms with Crippen molar-refractivity contribution in [1.82, 2.24) is 19.9 Å². The third-order valence-corrected chi connectivity index (χ3v) is 8.12. The Kier molecular flexibility index (Phi) is 11.5. The minimum Gasteiger partial charge on any atom is -0.368 e. The molecule has 35 heavy (non-hydrogen) atoms. The van der Waals surface area contributed by atoms with Gasteiger partial charge in [0.1, 0.15) is 5.82 Å². The van der Waals surface area contributed by atoms with Gasteiger partial charge in [-0.25, -0.2) is 4.98 Å². The van der Waals surface area contributed by atoms with Crippen molar-refractivity contribution in [3.05, 3.63) is 80.8 Å². The smallest absolute Gasteiger partial charge is 0.368 e. The van der Waals surface area contributed by atoms with Gasteiger partial charge in [-0.2, -0.15) is 6.92 Å². The van der Waals surface area contributed by atoms with Crippen LogP contribution in [-0.4, -0.2) is 19.9 Å². The average Bonchev–Trinajstić information content (AvgIpc) is 3.63. The van der Waals surface area contributed by atoms with Crippen LogP contribution in [0.5, 0.6) is 0 Å². The molecule has 2 aliphatic carbocycles. The first-order valence-electron chi connectivity index (χ1n) is 12.5. The summed E-state index contributed by atoms with van der Waals surface area (Å²) in [7, 11) is 0. The van der Waals surface area contributed by atoms with Gasteiger partial charge in [-0.15, -0.1) is 0 Å². The van der Waals surface area contributed by atoms with Crippen molar-refractivity contribution in [2.24, 2.45) is 5.92 Å². The molecule has 2 saturated carbocycles. The SMILES string of the molecule is CC.C[CH-]c1ncc(-c2ccc(C34CCC(c5cnc(C(C)C(C)C)[nH]5)(CC3)C4)cc2)[nH]1.[CH3-].[CH3-].[Y+3]. The molecule has 0 saturated heterocycles. The van der Waals surface area contributed by atoms with E-state index in [0.29, 0.717) is 17.3 Å². The predicted molar refractivity (Wildman–Crippen MR) is 146 cm³/mol.